The number of rotatable bonds is 4. The third kappa shape index (κ3) is 3.68. The molecule has 1 aliphatic carbocycles. The van der Waals surface area contributed by atoms with Crippen molar-refractivity contribution in [2.75, 3.05) is 62.2 Å². The summed E-state index contributed by atoms with van der Waals surface area (Å²) in [6, 6.07) is 8.56. The summed E-state index contributed by atoms with van der Waals surface area (Å²) in [6.07, 6.45) is 8.05. The molecule has 5 heterocycles. The summed E-state index contributed by atoms with van der Waals surface area (Å²) in [6.45, 7) is 7.32. The number of piperazine rings is 2. The van der Waals surface area contributed by atoms with E-state index in [-0.39, 0.29) is 0 Å². The molecule has 3 aromatic rings. The molecule has 32 heavy (non-hydrogen) atoms. The van der Waals surface area contributed by atoms with Crippen molar-refractivity contribution in [1.29, 1.82) is 0 Å². The Bertz CT molecular complexity index is 1110. The Kier molecular flexibility index (Phi) is 4.94. The lowest BCUT2D eigenvalue weighted by Crippen LogP contribution is -2.49. The summed E-state index contributed by atoms with van der Waals surface area (Å²) in [4.78, 5) is 23.9. The van der Waals surface area contributed by atoms with E-state index >= 15 is 0 Å². The van der Waals surface area contributed by atoms with Crippen LogP contribution in [0.1, 0.15) is 12.8 Å². The van der Waals surface area contributed by atoms with Gasteiger partial charge >= 0.3 is 0 Å². The van der Waals surface area contributed by atoms with E-state index < -0.39 is 0 Å². The van der Waals surface area contributed by atoms with E-state index in [1.807, 2.05) is 21.8 Å². The molecule has 0 spiro atoms. The van der Waals surface area contributed by atoms with Crippen molar-refractivity contribution < 1.29 is 4.79 Å². The first-order valence-electron chi connectivity index (χ1n) is 11.7. The largest absolute Gasteiger partial charge is 0.366 e. The molecular formula is C24H29N7O. The van der Waals surface area contributed by atoms with Gasteiger partial charge in [0.25, 0.3) is 0 Å². The topological polar surface area (TPSA) is 69.0 Å². The second-order valence-corrected chi connectivity index (χ2v) is 9.00. The van der Waals surface area contributed by atoms with Gasteiger partial charge in [-0.15, -0.1) is 0 Å². The number of nitrogens with zero attached hydrogens (tertiary/aromatic N) is 6. The predicted octanol–water partition coefficient (Wildman–Crippen LogP) is 1.86. The molecule has 0 radical (unpaired) electrons. The van der Waals surface area contributed by atoms with Crippen LogP contribution in [0.3, 0.4) is 0 Å². The first-order chi connectivity index (χ1) is 15.8. The van der Waals surface area contributed by atoms with Gasteiger partial charge in [-0.05, 0) is 37.1 Å². The van der Waals surface area contributed by atoms with Crippen molar-refractivity contribution in [3.05, 3.63) is 42.9 Å². The minimum absolute atomic E-state index is 0.300. The summed E-state index contributed by atoms with van der Waals surface area (Å²) >= 11 is 0. The smallest absolute Gasteiger partial charge is 0.225 e. The first kappa shape index (κ1) is 19.5. The summed E-state index contributed by atoms with van der Waals surface area (Å²) in [5.41, 5.74) is 4.48. The summed E-state index contributed by atoms with van der Waals surface area (Å²) in [5.74, 6) is 1.69. The van der Waals surface area contributed by atoms with E-state index in [2.05, 4.69) is 50.7 Å². The van der Waals surface area contributed by atoms with Gasteiger partial charge in [0, 0.05) is 88.0 Å². The zero-order valence-electron chi connectivity index (χ0n) is 18.3. The molecule has 2 saturated heterocycles. The number of anilines is 2. The Hall–Kier alpha value is -3.13. The van der Waals surface area contributed by atoms with Crippen LogP contribution in [-0.4, -0.2) is 77.8 Å². The molecule has 0 unspecified atom stereocenters. The van der Waals surface area contributed by atoms with Gasteiger partial charge in [-0.1, -0.05) is 0 Å². The molecule has 0 atom stereocenters. The number of amides is 1. The van der Waals surface area contributed by atoms with Crippen LogP contribution in [0, 0.1) is 5.92 Å². The molecule has 3 aliphatic rings. The number of hydrogen-bond donors (Lipinski definition) is 1. The maximum Gasteiger partial charge on any atom is 0.225 e. The second kappa shape index (κ2) is 8.09. The van der Waals surface area contributed by atoms with Crippen LogP contribution in [0.15, 0.2) is 42.9 Å². The van der Waals surface area contributed by atoms with Crippen LogP contribution in [0.25, 0.3) is 16.6 Å². The standard InChI is InChI=1S/C24H29N7O/c32-24(18-1-2-18)30-13-11-28(12-14-30)21-5-6-27-31-17-20(15-22(21)31)19-3-4-23(26-16-19)29-9-7-25-8-10-29/h3-6,15-18,25H,1-2,7-14H2. The van der Waals surface area contributed by atoms with E-state index in [4.69, 9.17) is 4.98 Å². The summed E-state index contributed by atoms with van der Waals surface area (Å²) in [7, 11) is 0. The monoisotopic (exact) mass is 431 g/mol. The van der Waals surface area contributed by atoms with Gasteiger partial charge in [0.2, 0.25) is 5.91 Å². The van der Waals surface area contributed by atoms with Crippen molar-refractivity contribution in [3.63, 3.8) is 0 Å². The molecule has 3 fully saturated rings. The van der Waals surface area contributed by atoms with Crippen LogP contribution in [0.4, 0.5) is 11.5 Å². The van der Waals surface area contributed by atoms with Gasteiger partial charge in [0.05, 0.1) is 11.2 Å². The second-order valence-electron chi connectivity index (χ2n) is 9.00. The highest BCUT2D eigenvalue weighted by molar-refractivity contribution is 5.82. The number of pyridine rings is 1. The van der Waals surface area contributed by atoms with Crippen LogP contribution < -0.4 is 15.1 Å². The molecule has 166 valence electrons. The van der Waals surface area contributed by atoms with Gasteiger partial charge in [0.1, 0.15) is 5.82 Å². The Morgan fingerprint density at radius 3 is 2.47 bits per heavy atom. The normalized spacial score (nSPS) is 19.6. The van der Waals surface area contributed by atoms with E-state index in [1.165, 1.54) is 5.69 Å². The molecule has 1 saturated carbocycles. The van der Waals surface area contributed by atoms with E-state index in [0.717, 1.165) is 87.7 Å². The Morgan fingerprint density at radius 2 is 1.75 bits per heavy atom. The number of carbonyl (C=O) groups is 1. The van der Waals surface area contributed by atoms with E-state index in [9.17, 15) is 4.79 Å². The Morgan fingerprint density at radius 1 is 0.938 bits per heavy atom. The Balaban J connectivity index is 1.21. The van der Waals surface area contributed by atoms with Crippen molar-refractivity contribution in [2.45, 2.75) is 12.8 Å². The highest BCUT2D eigenvalue weighted by atomic mass is 16.2. The van der Waals surface area contributed by atoms with Gasteiger partial charge in [-0.3, -0.25) is 4.79 Å². The minimum Gasteiger partial charge on any atom is -0.366 e. The molecule has 1 N–H and O–H groups in total. The molecule has 2 aliphatic heterocycles. The summed E-state index contributed by atoms with van der Waals surface area (Å²) < 4.78 is 1.95. The lowest BCUT2D eigenvalue weighted by Gasteiger charge is -2.36. The molecular weight excluding hydrogens is 402 g/mol. The molecule has 0 aromatic carbocycles. The van der Waals surface area contributed by atoms with Crippen molar-refractivity contribution in [1.82, 2.24) is 24.8 Å². The lowest BCUT2D eigenvalue weighted by atomic mass is 10.1. The molecule has 6 rings (SSSR count). The van der Waals surface area contributed by atoms with Crippen molar-refractivity contribution >= 4 is 22.9 Å². The molecule has 8 heteroatoms. The fourth-order valence-corrected chi connectivity index (χ4v) is 4.82. The average molecular weight is 432 g/mol. The number of fused-ring (bicyclic) bond motifs is 1. The predicted molar refractivity (Wildman–Crippen MR) is 125 cm³/mol. The highest BCUT2D eigenvalue weighted by Crippen LogP contribution is 2.32. The van der Waals surface area contributed by atoms with Gasteiger partial charge < -0.3 is 20.0 Å². The Labute approximate surface area is 187 Å². The third-order valence-corrected chi connectivity index (χ3v) is 6.87. The lowest BCUT2D eigenvalue weighted by molar-refractivity contribution is -0.132. The quantitative estimate of drug-likeness (QED) is 0.680. The zero-order chi connectivity index (χ0) is 21.5. The van der Waals surface area contributed by atoms with Crippen LogP contribution in [-0.2, 0) is 4.79 Å². The fraction of sp³-hybridized carbons (Fsp3) is 0.458. The number of hydrogen-bond acceptors (Lipinski definition) is 6. The fourth-order valence-electron chi connectivity index (χ4n) is 4.82. The molecule has 8 nitrogen and oxygen atoms in total. The van der Waals surface area contributed by atoms with Crippen LogP contribution in [0.2, 0.25) is 0 Å². The number of carbonyl (C=O) groups excluding carboxylic acids is 1. The maximum absolute atomic E-state index is 12.4. The van der Waals surface area contributed by atoms with Gasteiger partial charge in [-0.2, -0.15) is 5.10 Å². The first-order valence-corrected chi connectivity index (χ1v) is 11.7. The van der Waals surface area contributed by atoms with Crippen molar-refractivity contribution in [2.24, 2.45) is 5.92 Å². The van der Waals surface area contributed by atoms with E-state index in [1.54, 1.807) is 0 Å². The molecule has 0 bridgehead atoms. The van der Waals surface area contributed by atoms with Crippen LogP contribution in [0.5, 0.6) is 0 Å². The van der Waals surface area contributed by atoms with Gasteiger partial charge in [0.15, 0.2) is 0 Å². The molecule has 1 amide bonds. The zero-order valence-corrected chi connectivity index (χ0v) is 18.3. The van der Waals surface area contributed by atoms with Gasteiger partial charge in [-0.25, -0.2) is 9.50 Å². The summed E-state index contributed by atoms with van der Waals surface area (Å²) in [5, 5.41) is 7.92. The maximum atomic E-state index is 12.4. The average Bonchev–Trinajstić information content (AvgIpc) is 3.62. The highest BCUT2D eigenvalue weighted by Gasteiger charge is 2.34. The SMILES string of the molecule is O=C(C1CC1)N1CCN(c2ccnn3cc(-c4ccc(N5CCNCC5)nc4)cc23)CC1. The number of aromatic nitrogens is 3. The van der Waals surface area contributed by atoms with Crippen LogP contribution >= 0.6 is 0 Å². The number of nitrogens with one attached hydrogen (secondary N) is 1. The van der Waals surface area contributed by atoms with E-state index in [0.29, 0.717) is 11.8 Å². The third-order valence-electron chi connectivity index (χ3n) is 6.87. The molecule has 3 aromatic heterocycles. The minimum atomic E-state index is 0.300. The van der Waals surface area contributed by atoms with Crippen molar-refractivity contribution in [3.8, 4) is 11.1 Å².